The van der Waals surface area contributed by atoms with E-state index in [4.69, 9.17) is 17.0 Å². The van der Waals surface area contributed by atoms with E-state index in [1.54, 1.807) is 7.11 Å². The van der Waals surface area contributed by atoms with Crippen molar-refractivity contribution in [3.63, 3.8) is 0 Å². The van der Waals surface area contributed by atoms with Gasteiger partial charge in [0.25, 0.3) is 0 Å². The van der Waals surface area contributed by atoms with Crippen LogP contribution >= 0.6 is 12.2 Å². The molecule has 6 heteroatoms. The van der Waals surface area contributed by atoms with Crippen molar-refractivity contribution >= 4 is 23.0 Å². The fourth-order valence-electron chi connectivity index (χ4n) is 4.11. The van der Waals surface area contributed by atoms with Crippen LogP contribution in [0.25, 0.3) is 0 Å². The van der Waals surface area contributed by atoms with Gasteiger partial charge in [-0.2, -0.15) is 0 Å². The van der Waals surface area contributed by atoms with Crippen molar-refractivity contribution < 1.29 is 4.74 Å². The van der Waals surface area contributed by atoms with Crippen LogP contribution in [0.1, 0.15) is 34.6 Å². The Bertz CT molecular complexity index is 981. The molecule has 3 aromatic rings. The topological polar surface area (TPSA) is 42.3 Å². The number of methoxy groups -OCH3 is 1. The standard InChI is InChI=1S/C23H26N4OS/c1-16-13-17(2)15-18(14-16)27-22(20-8-6-10-26(20)11-12-28-3)21(25-23(27)29)19-7-4-5-9-24-19/h4-10,13-15,21-22H,11-12H2,1-3H3,(H,25,29)/t21-,22-/m0/s1. The molecule has 0 spiro atoms. The summed E-state index contributed by atoms with van der Waals surface area (Å²) in [6, 6.07) is 16.8. The zero-order valence-corrected chi connectivity index (χ0v) is 17.8. The fourth-order valence-corrected chi connectivity index (χ4v) is 4.46. The molecule has 2 aromatic heterocycles. The average molecular weight is 407 g/mol. The van der Waals surface area contributed by atoms with Crippen LogP contribution in [0.5, 0.6) is 0 Å². The number of aromatic nitrogens is 2. The molecule has 1 N–H and O–H groups in total. The van der Waals surface area contributed by atoms with Gasteiger partial charge in [0.2, 0.25) is 0 Å². The molecule has 1 fully saturated rings. The largest absolute Gasteiger partial charge is 0.383 e. The van der Waals surface area contributed by atoms with Crippen molar-refractivity contribution in [1.29, 1.82) is 0 Å². The predicted molar refractivity (Wildman–Crippen MR) is 120 cm³/mol. The third kappa shape index (κ3) is 3.91. The highest BCUT2D eigenvalue weighted by Gasteiger charge is 2.42. The van der Waals surface area contributed by atoms with Crippen molar-refractivity contribution in [1.82, 2.24) is 14.9 Å². The maximum absolute atomic E-state index is 5.82. The van der Waals surface area contributed by atoms with Gasteiger partial charge in [-0.15, -0.1) is 0 Å². The summed E-state index contributed by atoms with van der Waals surface area (Å²) in [5, 5.41) is 4.25. The second kappa shape index (κ2) is 8.35. The maximum atomic E-state index is 5.82. The molecule has 2 atom stereocenters. The van der Waals surface area contributed by atoms with E-state index in [0.29, 0.717) is 6.61 Å². The van der Waals surface area contributed by atoms with Gasteiger partial charge in [-0.1, -0.05) is 12.1 Å². The predicted octanol–water partition coefficient (Wildman–Crippen LogP) is 4.32. The van der Waals surface area contributed by atoms with Crippen molar-refractivity contribution in [2.45, 2.75) is 32.5 Å². The average Bonchev–Trinajstić information content (AvgIpc) is 3.29. The molecule has 1 saturated heterocycles. The highest BCUT2D eigenvalue weighted by molar-refractivity contribution is 7.80. The van der Waals surface area contributed by atoms with Gasteiger partial charge in [0.1, 0.15) is 6.04 Å². The van der Waals surface area contributed by atoms with E-state index in [0.717, 1.165) is 23.0 Å². The molecule has 0 bridgehead atoms. The number of anilines is 1. The Hall–Kier alpha value is -2.70. The van der Waals surface area contributed by atoms with E-state index in [-0.39, 0.29) is 12.1 Å². The van der Waals surface area contributed by atoms with Gasteiger partial charge in [-0.05, 0) is 73.6 Å². The lowest BCUT2D eigenvalue weighted by molar-refractivity contribution is 0.186. The summed E-state index contributed by atoms with van der Waals surface area (Å²) < 4.78 is 7.57. The van der Waals surface area contributed by atoms with E-state index in [1.807, 2.05) is 18.3 Å². The van der Waals surface area contributed by atoms with Gasteiger partial charge in [-0.25, -0.2) is 0 Å². The van der Waals surface area contributed by atoms with Crippen LogP contribution in [0.4, 0.5) is 5.69 Å². The molecule has 1 aliphatic rings. The number of nitrogens with one attached hydrogen (secondary N) is 1. The van der Waals surface area contributed by atoms with E-state index in [2.05, 4.69) is 76.2 Å². The molecule has 0 unspecified atom stereocenters. The molecule has 1 aliphatic heterocycles. The molecule has 150 valence electrons. The summed E-state index contributed by atoms with van der Waals surface area (Å²) in [7, 11) is 1.73. The Morgan fingerprint density at radius 1 is 1.10 bits per heavy atom. The lowest BCUT2D eigenvalue weighted by Crippen LogP contribution is -2.30. The molecule has 1 aromatic carbocycles. The Labute approximate surface area is 177 Å². The number of ether oxygens (including phenoxy) is 1. The van der Waals surface area contributed by atoms with Crippen molar-refractivity contribution in [2.75, 3.05) is 18.6 Å². The number of rotatable bonds is 6. The van der Waals surface area contributed by atoms with Gasteiger partial charge in [0.15, 0.2) is 5.11 Å². The Morgan fingerprint density at radius 2 is 1.90 bits per heavy atom. The maximum Gasteiger partial charge on any atom is 0.174 e. The highest BCUT2D eigenvalue weighted by atomic mass is 32.1. The summed E-state index contributed by atoms with van der Waals surface area (Å²) >= 11 is 5.82. The lowest BCUT2D eigenvalue weighted by Gasteiger charge is -2.29. The fraction of sp³-hybridized carbons (Fsp3) is 0.304. The van der Waals surface area contributed by atoms with Crippen LogP contribution in [0, 0.1) is 13.8 Å². The minimum atomic E-state index is -0.0410. The summed E-state index contributed by atoms with van der Waals surface area (Å²) in [4.78, 5) is 6.86. The summed E-state index contributed by atoms with van der Waals surface area (Å²) in [5.41, 5.74) is 5.70. The summed E-state index contributed by atoms with van der Waals surface area (Å²) in [5.74, 6) is 0. The first-order valence-corrected chi connectivity index (χ1v) is 10.2. The zero-order chi connectivity index (χ0) is 20.4. The second-order valence-corrected chi connectivity index (χ2v) is 7.85. The van der Waals surface area contributed by atoms with E-state index >= 15 is 0 Å². The molecular weight excluding hydrogens is 380 g/mol. The first-order chi connectivity index (χ1) is 14.1. The van der Waals surface area contributed by atoms with Crippen LogP contribution in [0.2, 0.25) is 0 Å². The van der Waals surface area contributed by atoms with Crippen molar-refractivity contribution in [3.8, 4) is 0 Å². The lowest BCUT2D eigenvalue weighted by atomic mass is 10.00. The highest BCUT2D eigenvalue weighted by Crippen LogP contribution is 2.42. The van der Waals surface area contributed by atoms with Crippen molar-refractivity contribution in [3.05, 3.63) is 83.4 Å². The third-order valence-electron chi connectivity index (χ3n) is 5.29. The Balaban J connectivity index is 1.83. The smallest absolute Gasteiger partial charge is 0.174 e. The zero-order valence-electron chi connectivity index (χ0n) is 17.0. The quantitative estimate of drug-likeness (QED) is 0.618. The third-order valence-corrected chi connectivity index (χ3v) is 5.60. The Kier molecular flexibility index (Phi) is 5.65. The second-order valence-electron chi connectivity index (χ2n) is 7.46. The molecule has 0 saturated carbocycles. The monoisotopic (exact) mass is 406 g/mol. The molecule has 29 heavy (non-hydrogen) atoms. The van der Waals surface area contributed by atoms with E-state index in [9.17, 15) is 0 Å². The first kappa shape index (κ1) is 19.6. The number of benzene rings is 1. The van der Waals surface area contributed by atoms with Gasteiger partial charge in [0.05, 0.1) is 18.3 Å². The number of pyridine rings is 1. The van der Waals surface area contributed by atoms with Crippen molar-refractivity contribution in [2.24, 2.45) is 0 Å². The number of hydrogen-bond acceptors (Lipinski definition) is 3. The van der Waals surface area contributed by atoms with Gasteiger partial charge in [0, 0.05) is 37.4 Å². The van der Waals surface area contributed by atoms with E-state index < -0.39 is 0 Å². The molecule has 0 aliphatic carbocycles. The summed E-state index contributed by atoms with van der Waals surface area (Å²) in [6.45, 7) is 5.69. The number of aryl methyl sites for hydroxylation is 2. The minimum Gasteiger partial charge on any atom is -0.383 e. The van der Waals surface area contributed by atoms with Crippen LogP contribution in [0.3, 0.4) is 0 Å². The van der Waals surface area contributed by atoms with Crippen LogP contribution < -0.4 is 10.2 Å². The normalized spacial score (nSPS) is 18.9. The number of nitrogens with zero attached hydrogens (tertiary/aromatic N) is 3. The number of hydrogen-bond donors (Lipinski definition) is 1. The van der Waals surface area contributed by atoms with Crippen LogP contribution in [0.15, 0.2) is 60.9 Å². The first-order valence-electron chi connectivity index (χ1n) is 9.81. The molecule has 0 radical (unpaired) electrons. The molecular formula is C23H26N4OS. The minimum absolute atomic E-state index is 0.00884. The molecule has 4 rings (SSSR count). The number of thiocarbonyl (C=S) groups is 1. The SMILES string of the molecule is COCCn1cccc1[C@H]1[C@H](c2ccccn2)NC(=S)N1c1cc(C)cc(C)c1. The van der Waals surface area contributed by atoms with Gasteiger partial charge in [-0.3, -0.25) is 4.98 Å². The Morgan fingerprint density at radius 3 is 2.59 bits per heavy atom. The molecule has 5 nitrogen and oxygen atoms in total. The molecule has 3 heterocycles. The van der Waals surface area contributed by atoms with Gasteiger partial charge >= 0.3 is 0 Å². The van der Waals surface area contributed by atoms with Crippen LogP contribution in [-0.2, 0) is 11.3 Å². The summed E-state index contributed by atoms with van der Waals surface area (Å²) in [6.07, 6.45) is 3.94. The van der Waals surface area contributed by atoms with Crippen LogP contribution in [-0.4, -0.2) is 28.4 Å². The molecule has 0 amide bonds. The van der Waals surface area contributed by atoms with E-state index in [1.165, 1.54) is 16.8 Å². The van der Waals surface area contributed by atoms with Gasteiger partial charge < -0.3 is 19.5 Å².